The average Bonchev–Trinajstić information content (AvgIpc) is 3.12. The Morgan fingerprint density at radius 2 is 1.83 bits per heavy atom. The monoisotopic (exact) mass is 337 g/mol. The zero-order chi connectivity index (χ0) is 16.8. The van der Waals surface area contributed by atoms with Gasteiger partial charge >= 0.3 is 0 Å². The summed E-state index contributed by atoms with van der Waals surface area (Å²) in [6.45, 7) is 3.89. The van der Waals surface area contributed by atoms with Crippen molar-refractivity contribution in [2.24, 2.45) is 0 Å². The molecule has 0 fully saturated rings. The van der Waals surface area contributed by atoms with Gasteiger partial charge in [-0.1, -0.05) is 18.2 Å². The molecule has 0 bridgehead atoms. The maximum Gasteiger partial charge on any atom is 0.282 e. The number of hydrogen-bond donors (Lipinski definition) is 1. The smallest absolute Gasteiger partial charge is 0.282 e. The van der Waals surface area contributed by atoms with Crippen molar-refractivity contribution in [1.82, 2.24) is 19.6 Å². The Balaban J connectivity index is 2.13. The third-order valence-corrected chi connectivity index (χ3v) is 4.68. The van der Waals surface area contributed by atoms with Gasteiger partial charge in [0.15, 0.2) is 5.82 Å². The van der Waals surface area contributed by atoms with Crippen molar-refractivity contribution < 1.29 is 0 Å². The molecule has 3 heterocycles. The van der Waals surface area contributed by atoms with Crippen molar-refractivity contribution in [1.29, 1.82) is 0 Å². The van der Waals surface area contributed by atoms with Crippen LogP contribution in [-0.2, 0) is 0 Å². The predicted octanol–water partition coefficient (Wildman–Crippen LogP) is 2.83. The van der Waals surface area contributed by atoms with Gasteiger partial charge < -0.3 is 5.73 Å². The lowest BCUT2D eigenvalue weighted by atomic mass is 10.2. The number of hydrogen-bond acceptors (Lipinski definition) is 5. The number of aromatic nitrogens is 4. The molecule has 0 aliphatic carbocycles. The predicted molar refractivity (Wildman–Crippen MR) is 96.2 cm³/mol. The van der Waals surface area contributed by atoms with Gasteiger partial charge in [0, 0.05) is 16.5 Å². The molecule has 0 amide bonds. The molecule has 0 aliphatic rings. The van der Waals surface area contributed by atoms with Crippen LogP contribution < -0.4 is 11.3 Å². The largest absolute Gasteiger partial charge is 0.390 e. The second-order valence-corrected chi connectivity index (χ2v) is 6.51. The first-order chi connectivity index (χ1) is 11.6. The van der Waals surface area contributed by atoms with Gasteiger partial charge in [-0.2, -0.15) is 9.78 Å². The molecule has 7 heteroatoms. The van der Waals surface area contributed by atoms with Crippen molar-refractivity contribution in [3.63, 3.8) is 0 Å². The molecule has 24 heavy (non-hydrogen) atoms. The van der Waals surface area contributed by atoms with E-state index in [1.54, 1.807) is 4.68 Å². The van der Waals surface area contributed by atoms with Crippen LogP contribution in [0, 0.1) is 13.8 Å². The van der Waals surface area contributed by atoms with Gasteiger partial charge in [0.2, 0.25) is 0 Å². The van der Waals surface area contributed by atoms with Crippen LogP contribution in [0.3, 0.4) is 0 Å². The molecule has 1 aromatic carbocycles. The number of nitrogen functional groups attached to an aromatic ring is 1. The molecule has 6 nitrogen and oxygen atoms in total. The Morgan fingerprint density at radius 3 is 2.50 bits per heavy atom. The van der Waals surface area contributed by atoms with E-state index in [0.29, 0.717) is 21.9 Å². The molecule has 0 saturated heterocycles. The summed E-state index contributed by atoms with van der Waals surface area (Å²) in [6.07, 6.45) is 0. The van der Waals surface area contributed by atoms with Gasteiger partial charge in [-0.05, 0) is 32.0 Å². The zero-order valence-electron chi connectivity index (χ0n) is 13.2. The van der Waals surface area contributed by atoms with Crippen molar-refractivity contribution in [3.05, 3.63) is 63.5 Å². The summed E-state index contributed by atoms with van der Waals surface area (Å²) in [5.41, 5.74) is 8.37. The second kappa shape index (κ2) is 5.31. The van der Waals surface area contributed by atoms with Crippen LogP contribution in [0.25, 0.3) is 22.3 Å². The van der Waals surface area contributed by atoms with Crippen LogP contribution >= 0.6 is 11.3 Å². The van der Waals surface area contributed by atoms with E-state index >= 15 is 0 Å². The minimum atomic E-state index is -0.222. The standard InChI is InChI=1S/C17H15N5OS/c1-10-8-11(2)21(19-10)16-13-9-24-15(18)14(13)17(23)22(20-16)12-6-4-3-5-7-12/h3-9H,18H2,1-2H3. The molecule has 0 unspecified atom stereocenters. The van der Waals surface area contributed by atoms with Gasteiger partial charge in [-0.15, -0.1) is 16.4 Å². The zero-order valence-corrected chi connectivity index (χ0v) is 14.0. The third kappa shape index (κ3) is 2.13. The summed E-state index contributed by atoms with van der Waals surface area (Å²) in [6, 6.07) is 11.3. The van der Waals surface area contributed by atoms with Gasteiger partial charge in [-0.3, -0.25) is 4.79 Å². The molecule has 0 spiro atoms. The highest BCUT2D eigenvalue weighted by molar-refractivity contribution is 7.15. The summed E-state index contributed by atoms with van der Waals surface area (Å²) in [7, 11) is 0. The minimum absolute atomic E-state index is 0.222. The van der Waals surface area contributed by atoms with Gasteiger partial charge in [0.05, 0.1) is 21.8 Å². The summed E-state index contributed by atoms with van der Waals surface area (Å²) in [4.78, 5) is 12.9. The molecule has 0 atom stereocenters. The van der Waals surface area contributed by atoms with E-state index in [-0.39, 0.29) is 5.56 Å². The van der Waals surface area contributed by atoms with Crippen LogP contribution in [0.4, 0.5) is 5.00 Å². The molecular weight excluding hydrogens is 322 g/mol. The summed E-state index contributed by atoms with van der Waals surface area (Å²) in [5.74, 6) is 0.604. The topological polar surface area (TPSA) is 78.7 Å². The highest BCUT2D eigenvalue weighted by Crippen LogP contribution is 2.29. The highest BCUT2D eigenvalue weighted by Gasteiger charge is 2.18. The number of rotatable bonds is 2. The first-order valence-corrected chi connectivity index (χ1v) is 8.33. The first-order valence-electron chi connectivity index (χ1n) is 7.45. The van der Waals surface area contributed by atoms with Crippen molar-refractivity contribution >= 4 is 27.1 Å². The summed E-state index contributed by atoms with van der Waals surface area (Å²) >= 11 is 1.34. The summed E-state index contributed by atoms with van der Waals surface area (Å²) < 4.78 is 3.14. The van der Waals surface area contributed by atoms with Gasteiger partial charge in [0.25, 0.3) is 5.56 Å². The normalized spacial score (nSPS) is 11.2. The van der Waals surface area contributed by atoms with Gasteiger partial charge in [0.1, 0.15) is 0 Å². The van der Waals surface area contributed by atoms with E-state index in [1.165, 1.54) is 16.0 Å². The second-order valence-electron chi connectivity index (χ2n) is 5.60. The molecule has 0 saturated carbocycles. The minimum Gasteiger partial charge on any atom is -0.390 e. The Hall–Kier alpha value is -2.93. The number of thiophene rings is 1. The van der Waals surface area contributed by atoms with Crippen LogP contribution in [0.5, 0.6) is 0 Å². The van der Waals surface area contributed by atoms with E-state index in [9.17, 15) is 4.79 Å². The number of nitrogens with zero attached hydrogens (tertiary/aromatic N) is 4. The van der Waals surface area contributed by atoms with E-state index in [0.717, 1.165) is 16.8 Å². The number of aryl methyl sites for hydroxylation is 2. The van der Waals surface area contributed by atoms with Crippen molar-refractivity contribution in [2.45, 2.75) is 13.8 Å². The third-order valence-electron chi connectivity index (χ3n) is 3.87. The molecular formula is C17H15N5OS. The average molecular weight is 337 g/mol. The molecule has 4 rings (SSSR count). The van der Waals surface area contributed by atoms with E-state index in [4.69, 9.17) is 5.73 Å². The van der Waals surface area contributed by atoms with Crippen molar-refractivity contribution in [3.8, 4) is 11.5 Å². The maximum atomic E-state index is 12.9. The molecule has 2 N–H and O–H groups in total. The fourth-order valence-corrected chi connectivity index (χ4v) is 3.59. The first kappa shape index (κ1) is 14.6. The Labute approximate surface area is 141 Å². The molecule has 0 aliphatic heterocycles. The van der Waals surface area contributed by atoms with Crippen LogP contribution in [-0.4, -0.2) is 19.6 Å². The van der Waals surface area contributed by atoms with Gasteiger partial charge in [-0.25, -0.2) is 4.68 Å². The number of nitrogens with two attached hydrogens (primary N) is 1. The van der Waals surface area contributed by atoms with E-state index in [2.05, 4.69) is 10.2 Å². The van der Waals surface area contributed by atoms with Crippen LogP contribution in [0.2, 0.25) is 0 Å². The molecule has 120 valence electrons. The lowest BCUT2D eigenvalue weighted by Gasteiger charge is -2.10. The lowest BCUT2D eigenvalue weighted by Crippen LogP contribution is -2.24. The SMILES string of the molecule is Cc1cc(C)n(-c2nn(-c3ccccc3)c(=O)c3c(N)scc23)n1. The van der Waals surface area contributed by atoms with E-state index < -0.39 is 0 Å². The van der Waals surface area contributed by atoms with Crippen LogP contribution in [0.1, 0.15) is 11.4 Å². The maximum absolute atomic E-state index is 12.9. The Bertz CT molecular complexity index is 1110. The summed E-state index contributed by atoms with van der Waals surface area (Å²) in [5, 5.41) is 12.7. The fourth-order valence-electron chi connectivity index (χ4n) is 2.80. The number of fused-ring (bicyclic) bond motifs is 1. The number of para-hydroxylation sites is 1. The Morgan fingerprint density at radius 1 is 1.08 bits per heavy atom. The molecule has 0 radical (unpaired) electrons. The van der Waals surface area contributed by atoms with Crippen molar-refractivity contribution in [2.75, 3.05) is 5.73 Å². The fraction of sp³-hybridized carbons (Fsp3) is 0.118. The van der Waals surface area contributed by atoms with Crippen LogP contribution in [0.15, 0.2) is 46.6 Å². The number of benzene rings is 1. The quantitative estimate of drug-likeness (QED) is 0.610. The highest BCUT2D eigenvalue weighted by atomic mass is 32.1. The van der Waals surface area contributed by atoms with E-state index in [1.807, 2.05) is 55.6 Å². The Kier molecular flexibility index (Phi) is 3.24. The molecule has 3 aromatic heterocycles. The number of anilines is 1. The molecule has 4 aromatic rings. The lowest BCUT2D eigenvalue weighted by molar-refractivity contribution is 0.737.